The van der Waals surface area contributed by atoms with Gasteiger partial charge in [0.25, 0.3) is 5.69 Å². The number of anilines is 1. The molecule has 0 N–H and O–H groups in total. The minimum Gasteiger partial charge on any atom is -0.371 e. The van der Waals surface area contributed by atoms with E-state index < -0.39 is 0 Å². The van der Waals surface area contributed by atoms with Crippen LogP contribution in [-0.2, 0) is 6.42 Å². The maximum atomic E-state index is 10.7. The standard InChI is InChI=1S/C13H18N2O2/c1-10(2)9-14-7-3-4-11-8-12(15(16)17)5-6-13(11)14/h5-6,8,10H,3-4,7,9H2,1-2H3. The van der Waals surface area contributed by atoms with Crippen molar-refractivity contribution in [3.8, 4) is 0 Å². The Labute approximate surface area is 101 Å². The molecule has 0 saturated carbocycles. The van der Waals surface area contributed by atoms with Gasteiger partial charge in [0.05, 0.1) is 4.92 Å². The Morgan fingerprint density at radius 2 is 2.24 bits per heavy atom. The highest BCUT2D eigenvalue weighted by Gasteiger charge is 2.19. The fraction of sp³-hybridized carbons (Fsp3) is 0.538. The molecule has 0 bridgehead atoms. The molecule has 1 aromatic rings. The molecule has 1 heterocycles. The van der Waals surface area contributed by atoms with Gasteiger partial charge < -0.3 is 4.90 Å². The number of fused-ring (bicyclic) bond motifs is 1. The molecule has 0 amide bonds. The van der Waals surface area contributed by atoms with Gasteiger partial charge in [0.2, 0.25) is 0 Å². The van der Waals surface area contributed by atoms with Crippen LogP contribution >= 0.6 is 0 Å². The average molecular weight is 234 g/mol. The summed E-state index contributed by atoms with van der Waals surface area (Å²) in [6, 6.07) is 5.23. The highest BCUT2D eigenvalue weighted by atomic mass is 16.6. The molecule has 17 heavy (non-hydrogen) atoms. The van der Waals surface area contributed by atoms with Crippen LogP contribution < -0.4 is 4.90 Å². The molecule has 0 radical (unpaired) electrons. The molecule has 1 aromatic carbocycles. The Hall–Kier alpha value is -1.58. The molecule has 4 nitrogen and oxygen atoms in total. The van der Waals surface area contributed by atoms with Gasteiger partial charge in [-0.2, -0.15) is 0 Å². The first-order valence-corrected chi connectivity index (χ1v) is 6.10. The van der Waals surface area contributed by atoms with Gasteiger partial charge in [-0.05, 0) is 30.4 Å². The zero-order valence-electron chi connectivity index (χ0n) is 10.3. The zero-order valence-corrected chi connectivity index (χ0v) is 10.3. The number of hydrogen-bond acceptors (Lipinski definition) is 3. The van der Waals surface area contributed by atoms with Crippen molar-refractivity contribution in [3.05, 3.63) is 33.9 Å². The van der Waals surface area contributed by atoms with Crippen LogP contribution in [0.25, 0.3) is 0 Å². The van der Waals surface area contributed by atoms with E-state index in [1.54, 1.807) is 12.1 Å². The van der Waals surface area contributed by atoms with Gasteiger partial charge in [-0.1, -0.05) is 13.8 Å². The minimum atomic E-state index is -0.318. The maximum absolute atomic E-state index is 10.7. The topological polar surface area (TPSA) is 46.4 Å². The summed E-state index contributed by atoms with van der Waals surface area (Å²) in [7, 11) is 0. The third-order valence-corrected chi connectivity index (χ3v) is 3.07. The lowest BCUT2D eigenvalue weighted by atomic mass is 10.00. The Morgan fingerprint density at radius 1 is 1.47 bits per heavy atom. The van der Waals surface area contributed by atoms with E-state index in [1.807, 2.05) is 6.07 Å². The summed E-state index contributed by atoms with van der Waals surface area (Å²) >= 11 is 0. The normalized spacial score (nSPS) is 14.9. The number of nitro benzene ring substituents is 1. The van der Waals surface area contributed by atoms with Crippen LogP contribution in [0.15, 0.2) is 18.2 Å². The Morgan fingerprint density at radius 3 is 2.88 bits per heavy atom. The van der Waals surface area contributed by atoms with Gasteiger partial charge in [-0.25, -0.2) is 0 Å². The van der Waals surface area contributed by atoms with Crippen molar-refractivity contribution in [2.24, 2.45) is 5.92 Å². The number of nitro groups is 1. The van der Waals surface area contributed by atoms with Crippen LogP contribution in [0.3, 0.4) is 0 Å². The zero-order chi connectivity index (χ0) is 12.4. The van der Waals surface area contributed by atoms with Gasteiger partial charge in [-0.3, -0.25) is 10.1 Å². The van der Waals surface area contributed by atoms with Gasteiger partial charge >= 0.3 is 0 Å². The summed E-state index contributed by atoms with van der Waals surface area (Å²) in [5.74, 6) is 0.608. The monoisotopic (exact) mass is 234 g/mol. The number of non-ortho nitro benzene ring substituents is 1. The van der Waals surface area contributed by atoms with Gasteiger partial charge in [0.1, 0.15) is 0 Å². The van der Waals surface area contributed by atoms with Gasteiger partial charge in [0, 0.05) is 30.9 Å². The largest absolute Gasteiger partial charge is 0.371 e. The predicted molar refractivity (Wildman–Crippen MR) is 68.5 cm³/mol. The Balaban J connectivity index is 2.30. The molecule has 1 aliphatic rings. The van der Waals surface area contributed by atoms with Crippen molar-refractivity contribution in [1.29, 1.82) is 0 Å². The summed E-state index contributed by atoms with van der Waals surface area (Å²) in [6.07, 6.45) is 2.03. The van der Waals surface area contributed by atoms with Gasteiger partial charge in [0.15, 0.2) is 0 Å². The van der Waals surface area contributed by atoms with E-state index in [1.165, 1.54) is 5.69 Å². The molecule has 92 valence electrons. The number of aryl methyl sites for hydroxylation is 1. The minimum absolute atomic E-state index is 0.204. The molecule has 0 spiro atoms. The van der Waals surface area contributed by atoms with E-state index in [2.05, 4.69) is 18.7 Å². The molecule has 0 aliphatic carbocycles. The molecule has 0 saturated heterocycles. The van der Waals surface area contributed by atoms with E-state index in [9.17, 15) is 10.1 Å². The van der Waals surface area contributed by atoms with E-state index in [-0.39, 0.29) is 10.6 Å². The van der Waals surface area contributed by atoms with Crippen LogP contribution in [0.4, 0.5) is 11.4 Å². The summed E-state index contributed by atoms with van der Waals surface area (Å²) in [5, 5.41) is 10.7. The SMILES string of the molecule is CC(C)CN1CCCc2cc([N+](=O)[O-])ccc21. The second kappa shape index (κ2) is 4.73. The van der Waals surface area contributed by atoms with Crippen LogP contribution in [0, 0.1) is 16.0 Å². The molecule has 0 unspecified atom stereocenters. The fourth-order valence-electron chi connectivity index (χ4n) is 2.41. The van der Waals surface area contributed by atoms with Crippen LogP contribution in [0.5, 0.6) is 0 Å². The third-order valence-electron chi connectivity index (χ3n) is 3.07. The molecule has 0 atom stereocenters. The second-order valence-corrected chi connectivity index (χ2v) is 5.01. The maximum Gasteiger partial charge on any atom is 0.269 e. The molecule has 0 fully saturated rings. The number of hydrogen-bond donors (Lipinski definition) is 0. The molecular formula is C13H18N2O2. The first kappa shape index (κ1) is 11.9. The third kappa shape index (κ3) is 2.57. The lowest BCUT2D eigenvalue weighted by molar-refractivity contribution is -0.384. The van der Waals surface area contributed by atoms with Crippen molar-refractivity contribution < 1.29 is 4.92 Å². The molecular weight excluding hydrogens is 216 g/mol. The van der Waals surface area contributed by atoms with Crippen LogP contribution in [0.1, 0.15) is 25.8 Å². The van der Waals surface area contributed by atoms with E-state index in [0.29, 0.717) is 5.92 Å². The highest BCUT2D eigenvalue weighted by molar-refractivity contribution is 5.59. The van der Waals surface area contributed by atoms with Crippen molar-refractivity contribution in [2.75, 3.05) is 18.0 Å². The Bertz CT molecular complexity index is 429. The van der Waals surface area contributed by atoms with Crippen molar-refractivity contribution in [1.82, 2.24) is 0 Å². The summed E-state index contributed by atoms with van der Waals surface area (Å²) < 4.78 is 0. The summed E-state index contributed by atoms with van der Waals surface area (Å²) in [5.41, 5.74) is 2.50. The first-order chi connectivity index (χ1) is 8.08. The number of nitrogens with zero attached hydrogens (tertiary/aromatic N) is 2. The molecule has 2 rings (SSSR count). The first-order valence-electron chi connectivity index (χ1n) is 6.10. The second-order valence-electron chi connectivity index (χ2n) is 5.01. The lowest BCUT2D eigenvalue weighted by Crippen LogP contribution is -2.32. The highest BCUT2D eigenvalue weighted by Crippen LogP contribution is 2.30. The smallest absolute Gasteiger partial charge is 0.269 e. The average Bonchev–Trinajstić information content (AvgIpc) is 2.28. The van der Waals surface area contributed by atoms with Crippen LogP contribution in [0.2, 0.25) is 0 Å². The summed E-state index contributed by atoms with van der Waals surface area (Å²) in [4.78, 5) is 12.8. The lowest BCUT2D eigenvalue weighted by Gasteiger charge is -2.32. The number of rotatable bonds is 3. The number of benzene rings is 1. The van der Waals surface area contributed by atoms with E-state index >= 15 is 0 Å². The van der Waals surface area contributed by atoms with Crippen LogP contribution in [-0.4, -0.2) is 18.0 Å². The van der Waals surface area contributed by atoms with Crippen molar-refractivity contribution >= 4 is 11.4 Å². The summed E-state index contributed by atoms with van der Waals surface area (Å²) in [6.45, 7) is 6.47. The van der Waals surface area contributed by atoms with E-state index in [0.717, 1.165) is 31.5 Å². The molecule has 1 aliphatic heterocycles. The van der Waals surface area contributed by atoms with Crippen molar-refractivity contribution in [2.45, 2.75) is 26.7 Å². The van der Waals surface area contributed by atoms with E-state index in [4.69, 9.17) is 0 Å². The fourth-order valence-corrected chi connectivity index (χ4v) is 2.41. The van der Waals surface area contributed by atoms with Crippen molar-refractivity contribution in [3.63, 3.8) is 0 Å². The predicted octanol–water partition coefficient (Wildman–Crippen LogP) is 3.00. The molecule has 4 heteroatoms. The Kier molecular flexibility index (Phi) is 3.31. The van der Waals surface area contributed by atoms with Gasteiger partial charge in [-0.15, -0.1) is 0 Å². The molecule has 0 aromatic heterocycles. The quantitative estimate of drug-likeness (QED) is 0.596.